The molecule has 3 rings (SSSR count). The van der Waals surface area contributed by atoms with Crippen molar-refractivity contribution < 1.29 is 4.79 Å². The van der Waals surface area contributed by atoms with Crippen LogP contribution in [-0.4, -0.2) is 29.9 Å². The number of anilines is 1. The summed E-state index contributed by atoms with van der Waals surface area (Å²) in [6, 6.07) is 14.9. The highest BCUT2D eigenvalue weighted by atomic mass is 16.2. The lowest BCUT2D eigenvalue weighted by Gasteiger charge is -2.21. The fraction of sp³-hybridized carbons (Fsp3) is 0.353. The highest BCUT2D eigenvalue weighted by Crippen LogP contribution is 2.27. The van der Waals surface area contributed by atoms with Gasteiger partial charge in [0.2, 0.25) is 5.91 Å². The minimum Gasteiger partial charge on any atom is -0.376 e. The molecule has 104 valence electrons. The van der Waals surface area contributed by atoms with Crippen LogP contribution in [0.25, 0.3) is 10.8 Å². The molecule has 0 atom stereocenters. The Morgan fingerprint density at radius 1 is 1.20 bits per heavy atom. The third-order valence-electron chi connectivity index (χ3n) is 3.87. The van der Waals surface area contributed by atoms with Gasteiger partial charge in [-0.25, -0.2) is 0 Å². The van der Waals surface area contributed by atoms with Crippen LogP contribution in [0.4, 0.5) is 5.69 Å². The van der Waals surface area contributed by atoms with Crippen LogP contribution in [0.2, 0.25) is 0 Å². The smallest absolute Gasteiger partial charge is 0.242 e. The second-order valence-electron chi connectivity index (χ2n) is 5.29. The molecule has 2 aromatic rings. The predicted molar refractivity (Wildman–Crippen MR) is 82.8 cm³/mol. The molecular formula is C17H20N2O. The third kappa shape index (κ3) is 2.62. The summed E-state index contributed by atoms with van der Waals surface area (Å²) in [6.07, 6.45) is 2.32. The molecule has 1 amide bonds. The van der Waals surface area contributed by atoms with Crippen molar-refractivity contribution in [2.75, 3.05) is 18.4 Å². The van der Waals surface area contributed by atoms with Crippen LogP contribution in [0.3, 0.4) is 0 Å². The molecule has 0 saturated heterocycles. The van der Waals surface area contributed by atoms with Crippen LogP contribution < -0.4 is 5.32 Å². The number of hydrogen-bond acceptors (Lipinski definition) is 2. The summed E-state index contributed by atoms with van der Waals surface area (Å²) in [5.41, 5.74) is 1.03. The van der Waals surface area contributed by atoms with Crippen molar-refractivity contribution in [1.29, 1.82) is 0 Å². The normalized spacial score (nSPS) is 14.2. The third-order valence-corrected chi connectivity index (χ3v) is 3.87. The predicted octanol–water partition coefficient (Wildman–Crippen LogP) is 3.26. The number of amides is 1. The number of hydrogen-bond donors (Lipinski definition) is 1. The van der Waals surface area contributed by atoms with Crippen molar-refractivity contribution in [3.8, 4) is 0 Å². The Labute approximate surface area is 119 Å². The molecule has 1 fully saturated rings. The van der Waals surface area contributed by atoms with Crippen LogP contribution in [-0.2, 0) is 4.79 Å². The zero-order valence-corrected chi connectivity index (χ0v) is 11.8. The second kappa shape index (κ2) is 5.53. The molecule has 0 heterocycles. The average molecular weight is 268 g/mol. The molecule has 3 heteroatoms. The minimum absolute atomic E-state index is 0.197. The number of fused-ring (bicyclic) bond motifs is 1. The van der Waals surface area contributed by atoms with Gasteiger partial charge in [0.1, 0.15) is 0 Å². The van der Waals surface area contributed by atoms with E-state index in [4.69, 9.17) is 0 Å². The van der Waals surface area contributed by atoms with Crippen molar-refractivity contribution in [3.05, 3.63) is 42.5 Å². The number of carbonyl (C=O) groups excluding carboxylic acids is 1. The Balaban J connectivity index is 1.72. The Kier molecular flexibility index (Phi) is 3.59. The van der Waals surface area contributed by atoms with Gasteiger partial charge in [-0.1, -0.05) is 36.4 Å². The van der Waals surface area contributed by atoms with Crippen molar-refractivity contribution >= 4 is 22.4 Å². The molecule has 1 aliphatic carbocycles. The van der Waals surface area contributed by atoms with Gasteiger partial charge < -0.3 is 10.2 Å². The van der Waals surface area contributed by atoms with E-state index in [1.165, 1.54) is 5.39 Å². The van der Waals surface area contributed by atoms with Gasteiger partial charge in [-0.3, -0.25) is 4.79 Å². The van der Waals surface area contributed by atoms with Gasteiger partial charge in [-0.05, 0) is 31.2 Å². The molecule has 1 N–H and O–H groups in total. The van der Waals surface area contributed by atoms with E-state index in [9.17, 15) is 4.79 Å². The maximum absolute atomic E-state index is 12.2. The van der Waals surface area contributed by atoms with Crippen molar-refractivity contribution in [1.82, 2.24) is 4.90 Å². The molecule has 1 aliphatic rings. The summed E-state index contributed by atoms with van der Waals surface area (Å²) in [4.78, 5) is 14.2. The zero-order chi connectivity index (χ0) is 13.9. The maximum atomic E-state index is 12.2. The van der Waals surface area contributed by atoms with Gasteiger partial charge in [0.05, 0.1) is 6.54 Å². The van der Waals surface area contributed by atoms with Gasteiger partial charge in [0.25, 0.3) is 0 Å². The van der Waals surface area contributed by atoms with Crippen LogP contribution in [0.5, 0.6) is 0 Å². The molecule has 2 aromatic carbocycles. The molecule has 0 spiro atoms. The standard InChI is InChI=1S/C17H20N2O/c1-2-19(14-10-11-14)17(20)12-18-16-9-5-7-13-6-3-4-8-15(13)16/h3-9,14,18H,2,10-12H2,1H3. The van der Waals surface area contributed by atoms with Crippen molar-refractivity contribution in [3.63, 3.8) is 0 Å². The molecular weight excluding hydrogens is 248 g/mol. The first-order valence-electron chi connectivity index (χ1n) is 7.30. The number of nitrogens with one attached hydrogen (secondary N) is 1. The minimum atomic E-state index is 0.197. The summed E-state index contributed by atoms with van der Waals surface area (Å²) in [6.45, 7) is 3.23. The first-order chi connectivity index (χ1) is 9.79. The van der Waals surface area contributed by atoms with E-state index in [2.05, 4.69) is 23.5 Å². The van der Waals surface area contributed by atoms with E-state index in [0.29, 0.717) is 12.6 Å². The van der Waals surface area contributed by atoms with Gasteiger partial charge in [0, 0.05) is 23.7 Å². The second-order valence-corrected chi connectivity index (χ2v) is 5.29. The maximum Gasteiger partial charge on any atom is 0.242 e. The molecule has 1 saturated carbocycles. The lowest BCUT2D eigenvalue weighted by Crippen LogP contribution is -2.37. The number of rotatable bonds is 5. The number of carbonyl (C=O) groups is 1. The first kappa shape index (κ1) is 13.0. The summed E-state index contributed by atoms with van der Waals surface area (Å²) in [5, 5.41) is 5.65. The SMILES string of the molecule is CCN(C(=O)CNc1cccc2ccccc12)C1CC1. The molecule has 0 aromatic heterocycles. The van der Waals surface area contributed by atoms with E-state index < -0.39 is 0 Å². The Hall–Kier alpha value is -2.03. The van der Waals surface area contributed by atoms with Crippen molar-refractivity contribution in [2.45, 2.75) is 25.8 Å². The lowest BCUT2D eigenvalue weighted by atomic mass is 10.1. The monoisotopic (exact) mass is 268 g/mol. The molecule has 3 nitrogen and oxygen atoms in total. The van der Waals surface area contributed by atoms with E-state index >= 15 is 0 Å². The molecule has 0 unspecified atom stereocenters. The number of benzene rings is 2. The van der Waals surface area contributed by atoms with E-state index in [1.807, 2.05) is 36.1 Å². The van der Waals surface area contributed by atoms with Crippen LogP contribution in [0, 0.1) is 0 Å². The first-order valence-corrected chi connectivity index (χ1v) is 7.30. The quantitative estimate of drug-likeness (QED) is 0.902. The van der Waals surface area contributed by atoms with E-state index in [1.54, 1.807) is 0 Å². The molecule has 0 aliphatic heterocycles. The molecule has 0 bridgehead atoms. The summed E-state index contributed by atoms with van der Waals surface area (Å²) >= 11 is 0. The summed E-state index contributed by atoms with van der Waals surface area (Å²) in [7, 11) is 0. The highest BCUT2D eigenvalue weighted by Gasteiger charge is 2.30. The zero-order valence-electron chi connectivity index (χ0n) is 11.8. The largest absolute Gasteiger partial charge is 0.376 e. The fourth-order valence-electron chi connectivity index (χ4n) is 2.68. The summed E-state index contributed by atoms with van der Waals surface area (Å²) in [5.74, 6) is 0.197. The van der Waals surface area contributed by atoms with Crippen LogP contribution >= 0.6 is 0 Å². The van der Waals surface area contributed by atoms with Gasteiger partial charge in [-0.15, -0.1) is 0 Å². The average Bonchev–Trinajstić information content (AvgIpc) is 3.30. The van der Waals surface area contributed by atoms with Crippen molar-refractivity contribution in [2.24, 2.45) is 0 Å². The van der Waals surface area contributed by atoms with E-state index in [-0.39, 0.29) is 5.91 Å². The Morgan fingerprint density at radius 2 is 1.95 bits per heavy atom. The topological polar surface area (TPSA) is 32.3 Å². The lowest BCUT2D eigenvalue weighted by molar-refractivity contribution is -0.129. The van der Waals surface area contributed by atoms with Gasteiger partial charge >= 0.3 is 0 Å². The Morgan fingerprint density at radius 3 is 2.70 bits per heavy atom. The van der Waals surface area contributed by atoms with Crippen LogP contribution in [0.1, 0.15) is 19.8 Å². The van der Waals surface area contributed by atoms with Gasteiger partial charge in [0.15, 0.2) is 0 Å². The van der Waals surface area contributed by atoms with E-state index in [0.717, 1.165) is 30.5 Å². The fourth-order valence-corrected chi connectivity index (χ4v) is 2.68. The molecule has 0 radical (unpaired) electrons. The number of likely N-dealkylation sites (N-methyl/N-ethyl adjacent to an activating group) is 1. The molecule has 20 heavy (non-hydrogen) atoms. The Bertz CT molecular complexity index is 614. The van der Waals surface area contributed by atoms with Gasteiger partial charge in [-0.2, -0.15) is 0 Å². The summed E-state index contributed by atoms with van der Waals surface area (Å²) < 4.78 is 0. The van der Waals surface area contributed by atoms with Crippen LogP contribution in [0.15, 0.2) is 42.5 Å². The highest BCUT2D eigenvalue weighted by molar-refractivity contribution is 5.95. The number of nitrogens with zero attached hydrogens (tertiary/aromatic N) is 1.